The Balaban J connectivity index is 2.85. The molecule has 19 heavy (non-hydrogen) atoms. The molecule has 1 atom stereocenters. The number of unbranched alkanes of at least 4 members (excludes halogenated alkanes) is 1. The minimum Gasteiger partial charge on any atom is -0.397 e. The summed E-state index contributed by atoms with van der Waals surface area (Å²) in [6, 6.07) is 5.61. The molecular weight excluding hydrogens is 304 g/mol. The number of benzene rings is 1. The molecule has 0 aliphatic carbocycles. The van der Waals surface area contributed by atoms with E-state index >= 15 is 0 Å². The van der Waals surface area contributed by atoms with Gasteiger partial charge in [0.05, 0.1) is 11.4 Å². The number of halogens is 1. The van der Waals surface area contributed by atoms with Crippen molar-refractivity contribution in [2.24, 2.45) is 5.92 Å². The number of nitrogens with zero attached hydrogens (tertiary/aromatic N) is 1. The van der Waals surface area contributed by atoms with Gasteiger partial charge in [0, 0.05) is 17.4 Å². The summed E-state index contributed by atoms with van der Waals surface area (Å²) in [5.74, 6) is 0.248. The van der Waals surface area contributed by atoms with E-state index in [1.54, 1.807) is 11.9 Å². The van der Waals surface area contributed by atoms with Crippen LogP contribution in [-0.2, 0) is 4.79 Å². The van der Waals surface area contributed by atoms with Gasteiger partial charge >= 0.3 is 0 Å². The fraction of sp³-hybridized carbons (Fsp3) is 0.533. The Morgan fingerprint density at radius 3 is 2.63 bits per heavy atom. The minimum atomic E-state index is 0.0907. The lowest BCUT2D eigenvalue weighted by molar-refractivity contribution is -0.122. The van der Waals surface area contributed by atoms with Gasteiger partial charge in [0.2, 0.25) is 5.91 Å². The molecule has 4 heteroatoms. The third kappa shape index (κ3) is 4.23. The Labute approximate surface area is 124 Å². The summed E-state index contributed by atoms with van der Waals surface area (Å²) in [6.07, 6.45) is 4.04. The number of hydrogen-bond donors (Lipinski definition) is 1. The lowest BCUT2D eigenvalue weighted by atomic mass is 9.97. The van der Waals surface area contributed by atoms with E-state index in [-0.39, 0.29) is 11.8 Å². The number of carbonyl (C=O) groups is 1. The number of nitrogen functional groups attached to an aromatic ring is 1. The van der Waals surface area contributed by atoms with Crippen molar-refractivity contribution in [2.45, 2.75) is 39.5 Å². The first-order valence-electron chi connectivity index (χ1n) is 6.83. The van der Waals surface area contributed by atoms with Gasteiger partial charge < -0.3 is 10.6 Å². The molecule has 1 amide bonds. The van der Waals surface area contributed by atoms with Crippen molar-refractivity contribution in [1.82, 2.24) is 0 Å². The van der Waals surface area contributed by atoms with Gasteiger partial charge in [-0.1, -0.05) is 42.6 Å². The fourth-order valence-corrected chi connectivity index (χ4v) is 2.55. The lowest BCUT2D eigenvalue weighted by Crippen LogP contribution is -2.33. The van der Waals surface area contributed by atoms with Crippen molar-refractivity contribution in [1.29, 1.82) is 0 Å². The summed E-state index contributed by atoms with van der Waals surface area (Å²) >= 11 is 3.38. The summed E-state index contributed by atoms with van der Waals surface area (Å²) in [6.45, 7) is 4.21. The summed E-state index contributed by atoms with van der Waals surface area (Å²) < 4.78 is 0.924. The number of nitrogens with two attached hydrogens (primary N) is 1. The molecule has 0 aliphatic rings. The molecule has 0 saturated carbocycles. The third-order valence-corrected chi connectivity index (χ3v) is 3.92. The predicted molar refractivity (Wildman–Crippen MR) is 85.3 cm³/mol. The van der Waals surface area contributed by atoms with Crippen LogP contribution in [0.2, 0.25) is 0 Å². The average Bonchev–Trinajstić information content (AvgIpc) is 2.38. The predicted octanol–water partition coefficient (Wildman–Crippen LogP) is 4.21. The molecule has 0 fully saturated rings. The van der Waals surface area contributed by atoms with Crippen LogP contribution in [0.4, 0.5) is 11.4 Å². The largest absolute Gasteiger partial charge is 0.397 e. The molecule has 0 heterocycles. The third-order valence-electron chi connectivity index (χ3n) is 3.43. The van der Waals surface area contributed by atoms with Crippen LogP contribution in [-0.4, -0.2) is 13.0 Å². The first-order valence-corrected chi connectivity index (χ1v) is 7.63. The minimum absolute atomic E-state index is 0.0907. The normalized spacial score (nSPS) is 12.2. The quantitative estimate of drug-likeness (QED) is 0.796. The van der Waals surface area contributed by atoms with Gasteiger partial charge in [-0.25, -0.2) is 0 Å². The van der Waals surface area contributed by atoms with Gasteiger partial charge in [-0.05, 0) is 31.0 Å². The Hall–Kier alpha value is -1.03. The Bertz CT molecular complexity index is 434. The van der Waals surface area contributed by atoms with Crippen LogP contribution in [0.1, 0.15) is 39.5 Å². The molecular formula is C15H23BrN2O. The summed E-state index contributed by atoms with van der Waals surface area (Å²) in [5, 5.41) is 0. The maximum absolute atomic E-state index is 12.5. The van der Waals surface area contributed by atoms with E-state index in [4.69, 9.17) is 5.73 Å². The van der Waals surface area contributed by atoms with E-state index in [1.807, 2.05) is 18.2 Å². The van der Waals surface area contributed by atoms with E-state index in [0.29, 0.717) is 5.69 Å². The van der Waals surface area contributed by atoms with Crippen molar-refractivity contribution in [2.75, 3.05) is 17.7 Å². The van der Waals surface area contributed by atoms with Gasteiger partial charge in [0.1, 0.15) is 0 Å². The number of hydrogen-bond acceptors (Lipinski definition) is 2. The zero-order valence-electron chi connectivity index (χ0n) is 11.9. The van der Waals surface area contributed by atoms with Gasteiger partial charge in [0.25, 0.3) is 0 Å². The van der Waals surface area contributed by atoms with Crippen molar-refractivity contribution in [3.63, 3.8) is 0 Å². The van der Waals surface area contributed by atoms with Gasteiger partial charge in [0.15, 0.2) is 0 Å². The van der Waals surface area contributed by atoms with Crippen molar-refractivity contribution in [3.8, 4) is 0 Å². The highest BCUT2D eigenvalue weighted by atomic mass is 79.9. The highest BCUT2D eigenvalue weighted by molar-refractivity contribution is 9.10. The van der Waals surface area contributed by atoms with Gasteiger partial charge in [-0.15, -0.1) is 0 Å². The number of amides is 1. The summed E-state index contributed by atoms with van der Waals surface area (Å²) in [5.41, 5.74) is 7.38. The zero-order valence-corrected chi connectivity index (χ0v) is 13.5. The smallest absolute Gasteiger partial charge is 0.229 e. The molecule has 1 rings (SSSR count). The van der Waals surface area contributed by atoms with E-state index in [2.05, 4.69) is 29.8 Å². The van der Waals surface area contributed by atoms with Crippen LogP contribution >= 0.6 is 15.9 Å². The molecule has 1 unspecified atom stereocenters. The monoisotopic (exact) mass is 326 g/mol. The number of rotatable bonds is 6. The topological polar surface area (TPSA) is 46.3 Å². The second kappa shape index (κ2) is 7.53. The van der Waals surface area contributed by atoms with Crippen LogP contribution in [0, 0.1) is 5.92 Å². The highest BCUT2D eigenvalue weighted by Gasteiger charge is 2.22. The first-order chi connectivity index (χ1) is 9.01. The molecule has 106 valence electrons. The number of carbonyl (C=O) groups excluding carboxylic acids is 1. The molecule has 0 bridgehead atoms. The van der Waals surface area contributed by atoms with Crippen molar-refractivity contribution < 1.29 is 4.79 Å². The lowest BCUT2D eigenvalue weighted by Gasteiger charge is -2.24. The average molecular weight is 327 g/mol. The standard InChI is InChI=1S/C15H23BrN2O/c1-4-6-7-11(5-2)15(19)18(3)14-9-8-12(16)10-13(14)17/h8-11H,4-7,17H2,1-3H3. The maximum Gasteiger partial charge on any atom is 0.229 e. The van der Waals surface area contributed by atoms with E-state index in [0.717, 1.165) is 35.8 Å². The SMILES string of the molecule is CCCCC(CC)C(=O)N(C)c1ccc(Br)cc1N. The van der Waals surface area contributed by atoms with Crippen molar-refractivity contribution >= 4 is 33.2 Å². The first kappa shape index (κ1) is 16.0. The highest BCUT2D eigenvalue weighted by Crippen LogP contribution is 2.28. The Morgan fingerprint density at radius 2 is 2.11 bits per heavy atom. The van der Waals surface area contributed by atoms with Crippen molar-refractivity contribution in [3.05, 3.63) is 22.7 Å². The summed E-state index contributed by atoms with van der Waals surface area (Å²) in [4.78, 5) is 14.2. The second-order valence-electron chi connectivity index (χ2n) is 4.85. The number of anilines is 2. The molecule has 1 aromatic carbocycles. The summed E-state index contributed by atoms with van der Waals surface area (Å²) in [7, 11) is 1.80. The fourth-order valence-electron chi connectivity index (χ4n) is 2.18. The van der Waals surface area contributed by atoms with Gasteiger partial charge in [-0.3, -0.25) is 4.79 Å². The molecule has 0 saturated heterocycles. The molecule has 0 radical (unpaired) electrons. The van der Waals surface area contributed by atoms with Gasteiger partial charge in [-0.2, -0.15) is 0 Å². The van der Waals surface area contributed by atoms with Crippen LogP contribution in [0.25, 0.3) is 0 Å². The molecule has 0 spiro atoms. The van der Waals surface area contributed by atoms with E-state index in [9.17, 15) is 4.79 Å². The van der Waals surface area contributed by atoms with Crippen LogP contribution < -0.4 is 10.6 Å². The van der Waals surface area contributed by atoms with E-state index in [1.165, 1.54) is 0 Å². The molecule has 0 aliphatic heterocycles. The van der Waals surface area contributed by atoms with E-state index < -0.39 is 0 Å². The molecule has 1 aromatic rings. The maximum atomic E-state index is 12.5. The second-order valence-corrected chi connectivity index (χ2v) is 5.76. The molecule has 0 aromatic heterocycles. The zero-order chi connectivity index (χ0) is 14.4. The Kier molecular flexibility index (Phi) is 6.35. The van der Waals surface area contributed by atoms with Crippen LogP contribution in [0.5, 0.6) is 0 Å². The Morgan fingerprint density at radius 1 is 1.42 bits per heavy atom. The van der Waals surface area contributed by atoms with Crippen LogP contribution in [0.15, 0.2) is 22.7 Å². The molecule has 2 N–H and O–H groups in total. The molecule has 3 nitrogen and oxygen atoms in total. The van der Waals surface area contributed by atoms with Crippen LogP contribution in [0.3, 0.4) is 0 Å².